The van der Waals surface area contributed by atoms with Crippen LogP contribution < -0.4 is 5.32 Å². The van der Waals surface area contributed by atoms with E-state index in [0.717, 1.165) is 18.9 Å². The second-order valence-electron chi connectivity index (χ2n) is 4.95. The molecule has 1 saturated carbocycles. The van der Waals surface area contributed by atoms with Crippen molar-refractivity contribution in [2.24, 2.45) is 5.92 Å². The average Bonchev–Trinajstić information content (AvgIpc) is 3.23. The highest BCUT2D eigenvalue weighted by Crippen LogP contribution is 2.29. The van der Waals surface area contributed by atoms with E-state index in [4.69, 9.17) is 10.4 Å². The Morgan fingerprint density at radius 1 is 1.48 bits per heavy atom. The number of nitriles is 1. The van der Waals surface area contributed by atoms with Crippen LogP contribution in [0.15, 0.2) is 18.2 Å². The number of hydrogen-bond donors (Lipinski definition) is 2. The molecule has 0 spiro atoms. The molecule has 2 N–H and O–H groups in total. The highest BCUT2D eigenvalue weighted by atomic mass is 19.1. The van der Waals surface area contributed by atoms with E-state index in [0.29, 0.717) is 12.5 Å². The van der Waals surface area contributed by atoms with Gasteiger partial charge in [0.15, 0.2) is 0 Å². The monoisotopic (exact) mass is 291 g/mol. The predicted molar refractivity (Wildman–Crippen MR) is 72.1 cm³/mol. The number of carbonyl (C=O) groups excluding carboxylic acids is 1. The summed E-state index contributed by atoms with van der Waals surface area (Å²) < 4.78 is 13.2. The van der Waals surface area contributed by atoms with Gasteiger partial charge < -0.3 is 15.3 Å². The molecule has 1 fully saturated rings. The molecule has 1 aliphatic carbocycles. The summed E-state index contributed by atoms with van der Waals surface area (Å²) in [5.74, 6) is -1.42. The Bertz CT molecular complexity index is 608. The number of nitrogens with one attached hydrogen (secondary N) is 1. The fourth-order valence-electron chi connectivity index (χ4n) is 1.89. The van der Waals surface area contributed by atoms with Crippen molar-refractivity contribution in [3.05, 3.63) is 29.6 Å². The van der Waals surface area contributed by atoms with Crippen molar-refractivity contribution in [1.82, 2.24) is 4.90 Å². The van der Waals surface area contributed by atoms with Crippen LogP contribution in [0.2, 0.25) is 0 Å². The molecule has 7 heteroatoms. The zero-order chi connectivity index (χ0) is 15.4. The fourth-order valence-corrected chi connectivity index (χ4v) is 1.89. The second-order valence-corrected chi connectivity index (χ2v) is 4.95. The maximum absolute atomic E-state index is 13.2. The van der Waals surface area contributed by atoms with E-state index in [2.05, 4.69) is 5.32 Å². The van der Waals surface area contributed by atoms with E-state index in [1.54, 1.807) is 6.07 Å². The van der Waals surface area contributed by atoms with Gasteiger partial charge in [0.1, 0.15) is 18.4 Å². The summed E-state index contributed by atoms with van der Waals surface area (Å²) in [6, 6.07) is 4.72. The molecule has 0 aliphatic heterocycles. The van der Waals surface area contributed by atoms with Crippen LogP contribution in [-0.4, -0.2) is 35.1 Å². The van der Waals surface area contributed by atoms with Gasteiger partial charge >= 0.3 is 12.0 Å². The quantitative estimate of drug-likeness (QED) is 0.868. The highest BCUT2D eigenvalue weighted by molar-refractivity contribution is 5.91. The maximum atomic E-state index is 13.2. The molecule has 0 aromatic heterocycles. The SMILES string of the molecule is N#Cc1cc(NC(=O)N(CC(=O)O)CC2CC2)ccc1F. The molecule has 0 heterocycles. The molecule has 0 radical (unpaired) electrons. The summed E-state index contributed by atoms with van der Waals surface area (Å²) in [7, 11) is 0. The third-order valence-electron chi connectivity index (χ3n) is 3.13. The standard InChI is InChI=1S/C14H14FN3O3/c15-12-4-3-11(5-10(12)6-16)17-14(21)18(8-13(19)20)7-9-1-2-9/h3-5,9H,1-2,7-8H2,(H,17,21)(H,19,20). The number of nitrogens with zero attached hydrogens (tertiary/aromatic N) is 2. The van der Waals surface area contributed by atoms with Crippen molar-refractivity contribution in [2.45, 2.75) is 12.8 Å². The van der Waals surface area contributed by atoms with Crippen molar-refractivity contribution in [3.63, 3.8) is 0 Å². The second kappa shape index (κ2) is 6.22. The molecular weight excluding hydrogens is 277 g/mol. The van der Waals surface area contributed by atoms with Gasteiger partial charge in [-0.15, -0.1) is 0 Å². The summed E-state index contributed by atoms with van der Waals surface area (Å²) in [4.78, 5) is 24.1. The molecule has 1 aromatic carbocycles. The third kappa shape index (κ3) is 4.18. The van der Waals surface area contributed by atoms with Crippen LogP contribution in [0, 0.1) is 23.1 Å². The number of carboxylic acid groups (broad SMARTS) is 1. The molecule has 0 saturated heterocycles. The summed E-state index contributed by atoms with van der Waals surface area (Å²) in [6.07, 6.45) is 1.97. The number of carboxylic acids is 1. The average molecular weight is 291 g/mol. The Balaban J connectivity index is 2.06. The lowest BCUT2D eigenvalue weighted by Gasteiger charge is -2.21. The van der Waals surface area contributed by atoms with Gasteiger partial charge in [-0.1, -0.05) is 0 Å². The lowest BCUT2D eigenvalue weighted by Crippen LogP contribution is -2.40. The van der Waals surface area contributed by atoms with Crippen LogP contribution in [0.25, 0.3) is 0 Å². The van der Waals surface area contributed by atoms with Gasteiger partial charge in [0.2, 0.25) is 0 Å². The van der Waals surface area contributed by atoms with E-state index < -0.39 is 24.4 Å². The molecule has 0 bridgehead atoms. The first-order valence-corrected chi connectivity index (χ1v) is 6.47. The van der Waals surface area contributed by atoms with Crippen molar-refractivity contribution in [1.29, 1.82) is 5.26 Å². The van der Waals surface area contributed by atoms with Gasteiger partial charge in [-0.25, -0.2) is 9.18 Å². The molecule has 21 heavy (non-hydrogen) atoms. The Morgan fingerprint density at radius 2 is 2.19 bits per heavy atom. The minimum atomic E-state index is -1.09. The number of urea groups is 1. The van der Waals surface area contributed by atoms with E-state index >= 15 is 0 Å². The number of benzene rings is 1. The molecule has 1 aromatic rings. The van der Waals surface area contributed by atoms with E-state index in [9.17, 15) is 14.0 Å². The predicted octanol–water partition coefficient (Wildman–Crippen LogP) is 2.03. The first-order chi connectivity index (χ1) is 9.99. The summed E-state index contributed by atoms with van der Waals surface area (Å²) in [5, 5.41) is 20.1. The van der Waals surface area contributed by atoms with Crippen molar-refractivity contribution >= 4 is 17.7 Å². The number of aliphatic carboxylic acids is 1. The van der Waals surface area contributed by atoms with Gasteiger partial charge in [0, 0.05) is 12.2 Å². The van der Waals surface area contributed by atoms with Crippen molar-refractivity contribution in [3.8, 4) is 6.07 Å². The van der Waals surface area contributed by atoms with E-state index in [1.807, 2.05) is 0 Å². The Kier molecular flexibility index (Phi) is 4.38. The molecule has 2 rings (SSSR count). The van der Waals surface area contributed by atoms with Gasteiger partial charge in [-0.3, -0.25) is 4.79 Å². The zero-order valence-electron chi connectivity index (χ0n) is 11.2. The molecule has 1 aliphatic rings. The molecule has 6 nitrogen and oxygen atoms in total. The number of halogens is 1. The number of rotatable bonds is 5. The molecule has 2 amide bonds. The Morgan fingerprint density at radius 3 is 2.76 bits per heavy atom. The fraction of sp³-hybridized carbons (Fsp3) is 0.357. The number of anilines is 1. The molecular formula is C14H14FN3O3. The van der Waals surface area contributed by atoms with Crippen LogP contribution in [-0.2, 0) is 4.79 Å². The first-order valence-electron chi connectivity index (χ1n) is 6.47. The maximum Gasteiger partial charge on any atom is 0.323 e. The Hall–Kier alpha value is -2.62. The van der Waals surface area contributed by atoms with Gasteiger partial charge in [-0.2, -0.15) is 5.26 Å². The van der Waals surface area contributed by atoms with Crippen molar-refractivity contribution in [2.75, 3.05) is 18.4 Å². The van der Waals surface area contributed by atoms with E-state index in [-0.39, 0.29) is 11.3 Å². The van der Waals surface area contributed by atoms with Gasteiger partial charge in [0.25, 0.3) is 0 Å². The first kappa shape index (κ1) is 14.8. The van der Waals surface area contributed by atoms with Crippen LogP contribution in [0.1, 0.15) is 18.4 Å². The van der Waals surface area contributed by atoms with Crippen molar-refractivity contribution < 1.29 is 19.1 Å². The van der Waals surface area contributed by atoms with Gasteiger partial charge in [0.05, 0.1) is 5.56 Å². The van der Waals surface area contributed by atoms with Crippen LogP contribution in [0.5, 0.6) is 0 Å². The minimum Gasteiger partial charge on any atom is -0.480 e. The van der Waals surface area contributed by atoms with Crippen LogP contribution in [0.3, 0.4) is 0 Å². The third-order valence-corrected chi connectivity index (χ3v) is 3.13. The summed E-state index contributed by atoms with van der Waals surface area (Å²) >= 11 is 0. The lowest BCUT2D eigenvalue weighted by molar-refractivity contribution is -0.137. The lowest BCUT2D eigenvalue weighted by atomic mass is 10.2. The van der Waals surface area contributed by atoms with Crippen LogP contribution in [0.4, 0.5) is 14.9 Å². The number of amides is 2. The van der Waals surface area contributed by atoms with Gasteiger partial charge in [-0.05, 0) is 37.0 Å². The molecule has 0 atom stereocenters. The number of hydrogen-bond acceptors (Lipinski definition) is 3. The topological polar surface area (TPSA) is 93.4 Å². The Labute approximate surface area is 120 Å². The highest BCUT2D eigenvalue weighted by Gasteiger charge is 2.28. The summed E-state index contributed by atoms with van der Waals surface area (Å²) in [6.45, 7) is -0.0148. The largest absolute Gasteiger partial charge is 0.480 e. The molecule has 110 valence electrons. The smallest absolute Gasteiger partial charge is 0.323 e. The summed E-state index contributed by atoms with van der Waals surface area (Å²) in [5.41, 5.74) is 0.0731. The van der Waals surface area contributed by atoms with E-state index in [1.165, 1.54) is 17.0 Å². The zero-order valence-corrected chi connectivity index (χ0v) is 11.2. The number of carbonyl (C=O) groups is 2. The normalized spacial score (nSPS) is 13.3. The van der Waals surface area contributed by atoms with Crippen LogP contribution >= 0.6 is 0 Å². The minimum absolute atomic E-state index is 0.181. The molecule has 0 unspecified atom stereocenters.